The summed E-state index contributed by atoms with van der Waals surface area (Å²) in [7, 11) is 2.68. The van der Waals surface area contributed by atoms with Crippen molar-refractivity contribution in [3.63, 3.8) is 0 Å². The second-order valence-corrected chi connectivity index (χ2v) is 5.82. The smallest absolute Gasteiger partial charge is 0.407 e. The van der Waals surface area contributed by atoms with Crippen LogP contribution in [0.2, 0.25) is 0 Å². The average Bonchev–Trinajstić information content (AvgIpc) is 2.60. The molecule has 0 aromatic heterocycles. The number of hydrogen-bond donors (Lipinski definition) is 1. The second-order valence-electron chi connectivity index (χ2n) is 5.82. The van der Waals surface area contributed by atoms with E-state index >= 15 is 0 Å². The SMILES string of the molecule is COC(=O)NC(C)(C)c1ccccc1-c1ccccc1C(=O)OC. The Kier molecular flexibility index (Phi) is 5.24. The van der Waals surface area contributed by atoms with E-state index in [0.29, 0.717) is 5.56 Å². The van der Waals surface area contributed by atoms with Crippen LogP contribution in [0.4, 0.5) is 4.79 Å². The summed E-state index contributed by atoms with van der Waals surface area (Å²) < 4.78 is 9.59. The summed E-state index contributed by atoms with van der Waals surface area (Å²) in [5.41, 5.74) is 2.25. The number of alkyl carbamates (subject to hydrolysis) is 1. The van der Waals surface area contributed by atoms with Gasteiger partial charge < -0.3 is 14.8 Å². The standard InChI is InChI=1S/C19H21NO4/c1-19(2,20-18(22)24-4)16-12-8-7-10-14(16)13-9-5-6-11-15(13)17(21)23-3/h5-12H,1-4H3,(H,20,22). The zero-order valence-corrected chi connectivity index (χ0v) is 14.3. The van der Waals surface area contributed by atoms with Crippen molar-refractivity contribution in [1.29, 1.82) is 0 Å². The number of methoxy groups -OCH3 is 2. The van der Waals surface area contributed by atoms with E-state index in [1.165, 1.54) is 14.2 Å². The van der Waals surface area contributed by atoms with Crippen LogP contribution in [0.15, 0.2) is 48.5 Å². The van der Waals surface area contributed by atoms with Gasteiger partial charge in [-0.25, -0.2) is 9.59 Å². The minimum atomic E-state index is -0.688. The molecule has 0 unspecified atom stereocenters. The lowest BCUT2D eigenvalue weighted by molar-refractivity contribution is 0.0601. The highest BCUT2D eigenvalue weighted by Crippen LogP contribution is 2.33. The lowest BCUT2D eigenvalue weighted by Gasteiger charge is -2.29. The molecule has 0 aliphatic heterocycles. The molecule has 0 spiro atoms. The Bertz CT molecular complexity index is 753. The first-order valence-corrected chi connectivity index (χ1v) is 7.54. The second kappa shape index (κ2) is 7.17. The number of nitrogens with one attached hydrogen (secondary N) is 1. The van der Waals surface area contributed by atoms with E-state index in [-0.39, 0.29) is 0 Å². The summed E-state index contributed by atoms with van der Waals surface area (Å²) in [6.07, 6.45) is -0.518. The van der Waals surface area contributed by atoms with E-state index in [0.717, 1.165) is 16.7 Å². The van der Waals surface area contributed by atoms with Gasteiger partial charge in [0.1, 0.15) is 0 Å². The highest BCUT2D eigenvalue weighted by Gasteiger charge is 2.27. The number of carbonyl (C=O) groups is 2. The predicted molar refractivity (Wildman–Crippen MR) is 91.8 cm³/mol. The fourth-order valence-corrected chi connectivity index (χ4v) is 2.64. The molecule has 1 amide bonds. The van der Waals surface area contributed by atoms with E-state index in [9.17, 15) is 9.59 Å². The van der Waals surface area contributed by atoms with Gasteiger partial charge in [-0.1, -0.05) is 42.5 Å². The largest absolute Gasteiger partial charge is 0.465 e. The van der Waals surface area contributed by atoms with Crippen LogP contribution in [-0.2, 0) is 15.0 Å². The van der Waals surface area contributed by atoms with Crippen LogP contribution < -0.4 is 5.32 Å². The first-order valence-electron chi connectivity index (χ1n) is 7.54. The maximum absolute atomic E-state index is 12.1. The van der Waals surface area contributed by atoms with E-state index in [1.54, 1.807) is 12.1 Å². The summed E-state index contributed by atoms with van der Waals surface area (Å²) >= 11 is 0. The van der Waals surface area contributed by atoms with Crippen molar-refractivity contribution >= 4 is 12.1 Å². The monoisotopic (exact) mass is 327 g/mol. The summed E-state index contributed by atoms with van der Waals surface area (Å²) in [4.78, 5) is 23.7. The maximum Gasteiger partial charge on any atom is 0.407 e. The molecule has 0 saturated carbocycles. The van der Waals surface area contributed by atoms with E-state index in [1.807, 2.05) is 50.2 Å². The Morgan fingerprint density at radius 1 is 0.875 bits per heavy atom. The molecule has 2 aromatic carbocycles. The van der Waals surface area contributed by atoms with Gasteiger partial charge in [-0.2, -0.15) is 0 Å². The van der Waals surface area contributed by atoms with Crippen LogP contribution in [0.25, 0.3) is 11.1 Å². The van der Waals surface area contributed by atoms with Crippen molar-refractivity contribution in [3.05, 3.63) is 59.7 Å². The lowest BCUT2D eigenvalue weighted by atomic mass is 9.85. The molecule has 0 fully saturated rings. The normalized spacial score (nSPS) is 10.8. The molecule has 0 atom stereocenters. The quantitative estimate of drug-likeness (QED) is 0.869. The van der Waals surface area contributed by atoms with Gasteiger partial charge >= 0.3 is 12.1 Å². The average molecular weight is 327 g/mol. The summed E-state index contributed by atoms with van der Waals surface area (Å²) in [6.45, 7) is 3.76. The summed E-state index contributed by atoms with van der Waals surface area (Å²) in [5, 5.41) is 2.82. The summed E-state index contributed by atoms with van der Waals surface area (Å²) in [6, 6.07) is 14.8. The molecule has 0 aliphatic carbocycles. The van der Waals surface area contributed by atoms with Crippen LogP contribution in [0.1, 0.15) is 29.8 Å². The molecule has 2 aromatic rings. The van der Waals surface area contributed by atoms with Gasteiger partial charge in [-0.15, -0.1) is 0 Å². The van der Waals surface area contributed by atoms with Crippen LogP contribution in [0.3, 0.4) is 0 Å². The Morgan fingerprint density at radius 3 is 2.08 bits per heavy atom. The molecular weight excluding hydrogens is 306 g/mol. The maximum atomic E-state index is 12.1. The number of esters is 1. The Morgan fingerprint density at radius 2 is 1.46 bits per heavy atom. The van der Waals surface area contributed by atoms with Crippen molar-refractivity contribution in [2.45, 2.75) is 19.4 Å². The highest BCUT2D eigenvalue weighted by atomic mass is 16.5. The van der Waals surface area contributed by atoms with Crippen molar-refractivity contribution < 1.29 is 19.1 Å². The van der Waals surface area contributed by atoms with E-state index in [2.05, 4.69) is 5.32 Å². The highest BCUT2D eigenvalue weighted by molar-refractivity contribution is 5.97. The van der Waals surface area contributed by atoms with Gasteiger partial charge in [-0.3, -0.25) is 0 Å². The van der Waals surface area contributed by atoms with Crippen LogP contribution >= 0.6 is 0 Å². The molecule has 5 heteroatoms. The van der Waals surface area contributed by atoms with Gasteiger partial charge in [0.2, 0.25) is 0 Å². The summed E-state index contributed by atoms with van der Waals surface area (Å²) in [5.74, 6) is -0.404. The van der Waals surface area contributed by atoms with Crippen LogP contribution in [-0.4, -0.2) is 26.3 Å². The van der Waals surface area contributed by atoms with Crippen molar-refractivity contribution in [3.8, 4) is 11.1 Å². The minimum Gasteiger partial charge on any atom is -0.465 e. The first-order chi connectivity index (χ1) is 11.4. The van der Waals surface area contributed by atoms with Crippen molar-refractivity contribution in [1.82, 2.24) is 5.32 Å². The number of benzene rings is 2. The third kappa shape index (κ3) is 3.56. The first kappa shape index (κ1) is 17.5. The molecular formula is C19H21NO4. The molecule has 2 rings (SSSR count). The molecule has 0 heterocycles. The molecule has 1 N–H and O–H groups in total. The molecule has 126 valence electrons. The van der Waals surface area contributed by atoms with Gasteiger partial charge in [0.05, 0.1) is 25.3 Å². The predicted octanol–water partition coefficient (Wildman–Crippen LogP) is 3.73. The van der Waals surface area contributed by atoms with Crippen LogP contribution in [0.5, 0.6) is 0 Å². The number of hydrogen-bond acceptors (Lipinski definition) is 4. The molecule has 0 bridgehead atoms. The van der Waals surface area contributed by atoms with E-state index < -0.39 is 17.6 Å². The van der Waals surface area contributed by atoms with Gasteiger partial charge in [0.15, 0.2) is 0 Å². The zero-order chi connectivity index (χ0) is 17.7. The Hall–Kier alpha value is -2.82. The number of rotatable bonds is 4. The number of carbonyl (C=O) groups excluding carboxylic acids is 2. The molecule has 0 saturated heterocycles. The molecule has 24 heavy (non-hydrogen) atoms. The topological polar surface area (TPSA) is 64.6 Å². The fraction of sp³-hybridized carbons (Fsp3) is 0.263. The zero-order valence-electron chi connectivity index (χ0n) is 14.3. The molecule has 5 nitrogen and oxygen atoms in total. The van der Waals surface area contributed by atoms with Gasteiger partial charge in [0, 0.05) is 0 Å². The van der Waals surface area contributed by atoms with Crippen LogP contribution in [0, 0.1) is 0 Å². The third-order valence-electron chi connectivity index (χ3n) is 3.82. The molecule has 0 radical (unpaired) electrons. The third-order valence-corrected chi connectivity index (χ3v) is 3.82. The van der Waals surface area contributed by atoms with E-state index in [4.69, 9.17) is 9.47 Å². The van der Waals surface area contributed by atoms with Crippen molar-refractivity contribution in [2.75, 3.05) is 14.2 Å². The minimum absolute atomic E-state index is 0.404. The van der Waals surface area contributed by atoms with Gasteiger partial charge in [0.25, 0.3) is 0 Å². The van der Waals surface area contributed by atoms with Crippen molar-refractivity contribution in [2.24, 2.45) is 0 Å². The Balaban J connectivity index is 2.59. The fourth-order valence-electron chi connectivity index (χ4n) is 2.64. The lowest BCUT2D eigenvalue weighted by Crippen LogP contribution is -2.41. The number of ether oxygens (including phenoxy) is 2. The molecule has 0 aliphatic rings. The Labute approximate surface area is 141 Å². The van der Waals surface area contributed by atoms with Gasteiger partial charge in [-0.05, 0) is 36.6 Å². The number of amides is 1.